The Morgan fingerprint density at radius 1 is 1.10 bits per heavy atom. The van der Waals surface area contributed by atoms with Crippen molar-refractivity contribution in [1.82, 2.24) is 25.1 Å². The van der Waals surface area contributed by atoms with Crippen LogP contribution in [0, 0.1) is 11.6 Å². The molecule has 8 nitrogen and oxygen atoms in total. The number of nitrogens with one attached hydrogen (secondary N) is 2. The van der Waals surface area contributed by atoms with Crippen LogP contribution in [0.4, 0.5) is 13.6 Å². The molecule has 2 N–H and O–H groups in total. The quantitative estimate of drug-likeness (QED) is 0.416. The molecule has 2 heterocycles. The number of carbonyl (C=O) groups is 2. The highest BCUT2D eigenvalue weighted by molar-refractivity contribution is 5.98. The Kier molecular flexibility index (Phi) is 8.97. The van der Waals surface area contributed by atoms with E-state index in [0.717, 1.165) is 37.3 Å². The summed E-state index contributed by atoms with van der Waals surface area (Å²) in [5.74, 6) is -1.51. The van der Waals surface area contributed by atoms with Crippen LogP contribution in [0.15, 0.2) is 54.9 Å². The van der Waals surface area contributed by atoms with Gasteiger partial charge in [-0.3, -0.25) is 4.79 Å². The van der Waals surface area contributed by atoms with Gasteiger partial charge in [0, 0.05) is 37.3 Å². The Hall–Kier alpha value is -3.79. The minimum Gasteiger partial charge on any atom is -0.447 e. The summed E-state index contributed by atoms with van der Waals surface area (Å²) < 4.78 is 35.2. The van der Waals surface area contributed by atoms with Gasteiger partial charge in [0.05, 0.1) is 30.2 Å². The molecule has 3 atom stereocenters. The third-order valence-corrected chi connectivity index (χ3v) is 7.78. The van der Waals surface area contributed by atoms with Crippen molar-refractivity contribution in [3.63, 3.8) is 0 Å². The number of rotatable bonds is 7. The highest BCUT2D eigenvalue weighted by Crippen LogP contribution is 2.35. The number of benzene rings is 2. The molecule has 0 bridgehead atoms. The second-order valence-electron chi connectivity index (χ2n) is 11.1. The molecule has 10 heteroatoms. The number of carbonyl (C=O) groups excluding carboxylic acids is 2. The van der Waals surface area contributed by atoms with Crippen LogP contribution in [0.3, 0.4) is 0 Å². The van der Waals surface area contributed by atoms with Gasteiger partial charge < -0.3 is 24.8 Å². The first kappa shape index (κ1) is 28.7. The average molecular weight is 566 g/mol. The lowest BCUT2D eigenvalue weighted by Crippen LogP contribution is -2.54. The number of hydrogen-bond donors (Lipinski definition) is 2. The largest absolute Gasteiger partial charge is 0.447 e. The Morgan fingerprint density at radius 2 is 1.83 bits per heavy atom. The Labute approximate surface area is 239 Å². The van der Waals surface area contributed by atoms with Crippen molar-refractivity contribution in [3.8, 4) is 11.3 Å². The van der Waals surface area contributed by atoms with E-state index in [2.05, 4.69) is 15.6 Å². The Balaban J connectivity index is 1.48. The minimum absolute atomic E-state index is 0.109. The number of aromatic nitrogens is 2. The van der Waals surface area contributed by atoms with E-state index in [-0.39, 0.29) is 30.1 Å². The Morgan fingerprint density at radius 3 is 2.56 bits per heavy atom. The summed E-state index contributed by atoms with van der Waals surface area (Å²) in [5.41, 5.74) is 2.36. The molecule has 41 heavy (non-hydrogen) atoms. The lowest BCUT2D eigenvalue weighted by molar-refractivity contribution is 0.0630. The van der Waals surface area contributed by atoms with Crippen LogP contribution in [0.1, 0.15) is 61.6 Å². The minimum atomic E-state index is -0.639. The highest BCUT2D eigenvalue weighted by Gasteiger charge is 2.35. The van der Waals surface area contributed by atoms with Gasteiger partial charge in [0.1, 0.15) is 11.6 Å². The third-order valence-electron chi connectivity index (χ3n) is 7.78. The summed E-state index contributed by atoms with van der Waals surface area (Å²) >= 11 is 0. The van der Waals surface area contributed by atoms with Crippen molar-refractivity contribution in [3.05, 3.63) is 77.8 Å². The molecule has 0 radical (unpaired) electrons. The number of alkyl carbamates (subject to hydrolysis) is 1. The number of piperazine rings is 1. The molecule has 1 aromatic heterocycles. The van der Waals surface area contributed by atoms with Crippen molar-refractivity contribution in [2.45, 2.75) is 70.2 Å². The van der Waals surface area contributed by atoms with E-state index in [1.807, 2.05) is 48.7 Å². The smallest absolute Gasteiger partial charge is 0.407 e. The van der Waals surface area contributed by atoms with Crippen molar-refractivity contribution in [1.29, 1.82) is 0 Å². The second kappa shape index (κ2) is 12.8. The van der Waals surface area contributed by atoms with Crippen molar-refractivity contribution in [2.75, 3.05) is 19.6 Å². The lowest BCUT2D eigenvalue weighted by atomic mass is 9.89. The van der Waals surface area contributed by atoms with Crippen LogP contribution < -0.4 is 10.6 Å². The fraction of sp³-hybridized carbons (Fsp3) is 0.452. The second-order valence-corrected chi connectivity index (χ2v) is 11.1. The molecule has 1 aliphatic heterocycles. The molecule has 5 rings (SSSR count). The molecule has 1 unspecified atom stereocenters. The van der Waals surface area contributed by atoms with E-state index < -0.39 is 17.7 Å². The summed E-state index contributed by atoms with van der Waals surface area (Å²) in [6, 6.07) is 12.5. The predicted octanol–water partition coefficient (Wildman–Crippen LogP) is 5.10. The number of halogens is 2. The standard InChI is InChI=1S/C31H37F2N5O3/c1-20(2)41-31(40)36-26-10-6-7-11-27(26)38-19-35-28(29(38)22-8-4-3-5-9-22)30(39)37-13-12-34-18-25(37)16-21-14-23(32)17-24(33)15-21/h3-5,8-9,14-15,17,19-20,25-27,34H,6-7,10-13,16,18H2,1-2H3,(H,36,40)/t25-,26?,27+/m1/s1. The first-order valence-electron chi connectivity index (χ1n) is 14.4. The summed E-state index contributed by atoms with van der Waals surface area (Å²) in [7, 11) is 0. The molecular weight excluding hydrogens is 528 g/mol. The van der Waals surface area contributed by atoms with Gasteiger partial charge in [0.2, 0.25) is 0 Å². The molecule has 1 aliphatic carbocycles. The van der Waals surface area contributed by atoms with Crippen molar-refractivity contribution >= 4 is 12.0 Å². The SMILES string of the molecule is CC(C)OC(=O)NC1CCCC[C@@H]1n1cnc(C(=O)N2CCNC[C@H]2Cc2cc(F)cc(F)c2)c1-c1ccccc1. The van der Waals surface area contributed by atoms with E-state index in [9.17, 15) is 18.4 Å². The molecule has 2 amide bonds. The Bertz CT molecular complexity index is 1340. The number of imidazole rings is 1. The molecule has 1 saturated heterocycles. The highest BCUT2D eigenvalue weighted by atomic mass is 19.1. The number of amides is 2. The van der Waals surface area contributed by atoms with E-state index in [4.69, 9.17) is 4.74 Å². The summed E-state index contributed by atoms with van der Waals surface area (Å²) in [4.78, 5) is 33.1. The summed E-state index contributed by atoms with van der Waals surface area (Å²) in [5, 5.41) is 6.35. The van der Waals surface area contributed by atoms with E-state index in [1.165, 1.54) is 12.1 Å². The molecule has 0 spiro atoms. The molecule has 3 aromatic rings. The number of hydrogen-bond acceptors (Lipinski definition) is 5. The fourth-order valence-electron chi connectivity index (χ4n) is 6.01. The maximum Gasteiger partial charge on any atom is 0.407 e. The van der Waals surface area contributed by atoms with Gasteiger partial charge >= 0.3 is 6.09 Å². The van der Waals surface area contributed by atoms with E-state index in [1.54, 1.807) is 11.2 Å². The first-order chi connectivity index (χ1) is 19.8. The van der Waals surface area contributed by atoms with Gasteiger partial charge in [-0.05, 0) is 50.8 Å². The van der Waals surface area contributed by atoms with Gasteiger partial charge in [-0.25, -0.2) is 18.6 Å². The maximum atomic E-state index is 14.2. The molecular formula is C31H37F2N5O3. The van der Waals surface area contributed by atoms with Gasteiger partial charge in [0.25, 0.3) is 5.91 Å². The molecule has 2 aromatic carbocycles. The van der Waals surface area contributed by atoms with Crippen LogP contribution in [0.5, 0.6) is 0 Å². The van der Waals surface area contributed by atoms with Crippen LogP contribution in [0.25, 0.3) is 11.3 Å². The zero-order valence-corrected chi connectivity index (χ0v) is 23.5. The monoisotopic (exact) mass is 565 g/mol. The normalized spacial score (nSPS) is 21.1. The maximum absolute atomic E-state index is 14.2. The molecule has 1 saturated carbocycles. The lowest BCUT2D eigenvalue weighted by Gasteiger charge is -2.36. The van der Waals surface area contributed by atoms with Crippen molar-refractivity contribution in [2.24, 2.45) is 0 Å². The van der Waals surface area contributed by atoms with E-state index in [0.29, 0.717) is 43.0 Å². The fourth-order valence-corrected chi connectivity index (χ4v) is 6.01. The van der Waals surface area contributed by atoms with Crippen molar-refractivity contribution < 1.29 is 23.1 Å². The first-order valence-corrected chi connectivity index (χ1v) is 14.4. The number of nitrogens with zero attached hydrogens (tertiary/aromatic N) is 3. The van der Waals surface area contributed by atoms with Gasteiger partial charge in [0.15, 0.2) is 5.69 Å². The van der Waals surface area contributed by atoms with Crippen LogP contribution >= 0.6 is 0 Å². The number of ether oxygens (including phenoxy) is 1. The average Bonchev–Trinajstić information content (AvgIpc) is 3.38. The van der Waals surface area contributed by atoms with E-state index >= 15 is 0 Å². The van der Waals surface area contributed by atoms with Crippen LogP contribution in [-0.4, -0.2) is 64.3 Å². The zero-order chi connectivity index (χ0) is 28.9. The molecule has 2 fully saturated rings. The summed E-state index contributed by atoms with van der Waals surface area (Å²) in [6.07, 6.45) is 4.90. The molecule has 218 valence electrons. The summed E-state index contributed by atoms with van der Waals surface area (Å²) in [6.45, 7) is 5.17. The van der Waals surface area contributed by atoms with Crippen LogP contribution in [0.2, 0.25) is 0 Å². The zero-order valence-electron chi connectivity index (χ0n) is 23.5. The molecule has 2 aliphatic rings. The predicted molar refractivity (Wildman–Crippen MR) is 151 cm³/mol. The van der Waals surface area contributed by atoms with Gasteiger partial charge in [-0.2, -0.15) is 0 Å². The van der Waals surface area contributed by atoms with Gasteiger partial charge in [-0.1, -0.05) is 43.2 Å². The topological polar surface area (TPSA) is 88.5 Å². The third kappa shape index (κ3) is 6.75. The van der Waals surface area contributed by atoms with Crippen LogP contribution in [-0.2, 0) is 11.2 Å². The van der Waals surface area contributed by atoms with Gasteiger partial charge in [-0.15, -0.1) is 0 Å².